The van der Waals surface area contributed by atoms with Crippen LogP contribution < -0.4 is 5.73 Å². The Hall–Kier alpha value is -0.170. The molecule has 72 valence electrons. The van der Waals surface area contributed by atoms with Crippen molar-refractivity contribution >= 4 is 40.0 Å². The predicted octanol–water partition coefficient (Wildman–Crippen LogP) is 2.94. The van der Waals surface area contributed by atoms with Crippen LogP contribution in [0.25, 0.3) is 0 Å². The molecule has 0 saturated heterocycles. The van der Waals surface area contributed by atoms with Crippen LogP contribution in [0.1, 0.15) is 17.7 Å². The number of pyridine rings is 1. The second-order valence-electron chi connectivity index (χ2n) is 2.33. The minimum atomic E-state index is -2.59. The Kier molecular flexibility index (Phi) is 3.66. The summed E-state index contributed by atoms with van der Waals surface area (Å²) in [6.07, 6.45) is -2.59. The number of hydrogen-bond donors (Lipinski definition) is 1. The summed E-state index contributed by atoms with van der Waals surface area (Å²) in [7, 11) is 0. The molecule has 0 aliphatic carbocycles. The van der Waals surface area contributed by atoms with Crippen LogP contribution in [0.2, 0.25) is 0 Å². The summed E-state index contributed by atoms with van der Waals surface area (Å²) in [5.41, 5.74) is 5.64. The largest absolute Gasteiger partial charge is 0.383 e. The Morgan fingerprint density at radius 1 is 1.62 bits per heavy atom. The molecule has 6 heteroatoms. The molecule has 0 bridgehead atoms. The van der Waals surface area contributed by atoms with Gasteiger partial charge in [-0.2, -0.15) is 0 Å². The second kappa shape index (κ2) is 4.36. The van der Waals surface area contributed by atoms with Crippen LogP contribution in [0.15, 0.2) is 6.07 Å². The molecule has 13 heavy (non-hydrogen) atoms. The molecule has 0 fully saturated rings. The van der Waals surface area contributed by atoms with E-state index in [4.69, 9.17) is 17.3 Å². The van der Waals surface area contributed by atoms with E-state index in [1.54, 1.807) is 22.6 Å². The van der Waals surface area contributed by atoms with Crippen molar-refractivity contribution in [3.63, 3.8) is 0 Å². The topological polar surface area (TPSA) is 38.9 Å². The summed E-state index contributed by atoms with van der Waals surface area (Å²) in [5.74, 6) is 0.0292. The zero-order chi connectivity index (χ0) is 10.0. The van der Waals surface area contributed by atoms with Crippen LogP contribution in [-0.2, 0) is 5.88 Å². The van der Waals surface area contributed by atoms with Gasteiger partial charge in [0.15, 0.2) is 0 Å². The molecular formula is C7H6ClF2IN2. The average molecular weight is 318 g/mol. The lowest BCUT2D eigenvalue weighted by Gasteiger charge is -2.07. The number of alkyl halides is 3. The molecule has 1 aromatic heterocycles. The molecule has 1 aromatic rings. The van der Waals surface area contributed by atoms with Crippen molar-refractivity contribution in [3.8, 4) is 0 Å². The Balaban J connectivity index is 3.23. The maximum absolute atomic E-state index is 12.4. The molecule has 1 heterocycles. The summed E-state index contributed by atoms with van der Waals surface area (Å²) in [6, 6.07) is 1.51. The fourth-order valence-corrected chi connectivity index (χ4v) is 1.89. The highest BCUT2D eigenvalue weighted by Crippen LogP contribution is 2.29. The molecular weight excluding hydrogens is 312 g/mol. The molecule has 2 nitrogen and oxygen atoms in total. The molecule has 0 unspecified atom stereocenters. The summed E-state index contributed by atoms with van der Waals surface area (Å²) < 4.78 is 25.1. The highest BCUT2D eigenvalue weighted by Gasteiger charge is 2.17. The van der Waals surface area contributed by atoms with Gasteiger partial charge in [0.25, 0.3) is 6.43 Å². The Labute approximate surface area is 92.6 Å². The number of nitrogens with zero attached hydrogens (tertiary/aromatic N) is 1. The molecule has 0 amide bonds. The number of aromatic nitrogens is 1. The quantitative estimate of drug-likeness (QED) is 0.672. The SMILES string of the molecule is Nc1nc(CCl)cc(I)c1C(F)F. The van der Waals surface area contributed by atoms with Crippen molar-refractivity contribution in [1.82, 2.24) is 4.98 Å². The molecule has 0 aromatic carbocycles. The lowest BCUT2D eigenvalue weighted by Crippen LogP contribution is -2.03. The number of nitrogens with two attached hydrogens (primary N) is 1. The van der Waals surface area contributed by atoms with Crippen molar-refractivity contribution in [2.24, 2.45) is 0 Å². The molecule has 0 aliphatic heterocycles. The lowest BCUT2D eigenvalue weighted by molar-refractivity contribution is 0.151. The normalized spacial score (nSPS) is 10.8. The van der Waals surface area contributed by atoms with Crippen LogP contribution in [0.5, 0.6) is 0 Å². The fraction of sp³-hybridized carbons (Fsp3) is 0.286. The van der Waals surface area contributed by atoms with Crippen molar-refractivity contribution in [2.45, 2.75) is 12.3 Å². The molecule has 0 aliphatic rings. The van der Waals surface area contributed by atoms with E-state index in [2.05, 4.69) is 4.98 Å². The number of nitrogen functional groups attached to an aromatic ring is 1. The number of anilines is 1. The van der Waals surface area contributed by atoms with Gasteiger partial charge in [-0.25, -0.2) is 13.8 Å². The van der Waals surface area contributed by atoms with Gasteiger partial charge in [-0.3, -0.25) is 0 Å². The first-order valence-corrected chi connectivity index (χ1v) is 4.96. The molecule has 2 N–H and O–H groups in total. The van der Waals surface area contributed by atoms with Crippen molar-refractivity contribution in [1.29, 1.82) is 0 Å². The van der Waals surface area contributed by atoms with E-state index in [1.165, 1.54) is 6.07 Å². The predicted molar refractivity (Wildman–Crippen MR) is 55.9 cm³/mol. The first-order valence-electron chi connectivity index (χ1n) is 3.35. The first-order chi connectivity index (χ1) is 6.06. The summed E-state index contributed by atoms with van der Waals surface area (Å²) in [5, 5.41) is 0. The van der Waals surface area contributed by atoms with Gasteiger partial charge >= 0.3 is 0 Å². The van der Waals surface area contributed by atoms with E-state index in [0.29, 0.717) is 9.26 Å². The number of rotatable bonds is 2. The Morgan fingerprint density at radius 3 is 2.62 bits per heavy atom. The second-order valence-corrected chi connectivity index (χ2v) is 3.76. The van der Waals surface area contributed by atoms with Crippen LogP contribution in [0.3, 0.4) is 0 Å². The van der Waals surface area contributed by atoms with Gasteiger partial charge in [-0.05, 0) is 28.7 Å². The maximum atomic E-state index is 12.4. The van der Waals surface area contributed by atoms with Crippen molar-refractivity contribution in [3.05, 3.63) is 20.9 Å². The van der Waals surface area contributed by atoms with E-state index in [9.17, 15) is 8.78 Å². The van der Waals surface area contributed by atoms with Crippen molar-refractivity contribution in [2.75, 3.05) is 5.73 Å². The standard InChI is InChI=1S/C7H6ClF2IN2/c8-2-3-1-4(11)5(6(9)10)7(12)13-3/h1,6H,2H2,(H2,12,13). The van der Waals surface area contributed by atoms with Gasteiger partial charge in [0.05, 0.1) is 17.1 Å². The number of hydrogen-bond acceptors (Lipinski definition) is 2. The summed E-state index contributed by atoms with van der Waals surface area (Å²) in [4.78, 5) is 3.73. The van der Waals surface area contributed by atoms with Gasteiger partial charge in [0.1, 0.15) is 5.82 Å². The third kappa shape index (κ3) is 2.40. The minimum absolute atomic E-state index is 0.141. The van der Waals surface area contributed by atoms with E-state index in [-0.39, 0.29) is 17.3 Å². The third-order valence-electron chi connectivity index (χ3n) is 1.45. The summed E-state index contributed by atoms with van der Waals surface area (Å²) >= 11 is 7.29. The van der Waals surface area contributed by atoms with E-state index in [0.717, 1.165) is 0 Å². The van der Waals surface area contributed by atoms with Gasteiger partial charge in [-0.15, -0.1) is 11.6 Å². The van der Waals surface area contributed by atoms with E-state index in [1.807, 2.05) is 0 Å². The van der Waals surface area contributed by atoms with Crippen molar-refractivity contribution < 1.29 is 8.78 Å². The Morgan fingerprint density at radius 2 is 2.23 bits per heavy atom. The van der Waals surface area contributed by atoms with Gasteiger partial charge in [0, 0.05) is 3.57 Å². The molecule has 0 atom stereocenters. The zero-order valence-corrected chi connectivity index (χ0v) is 9.31. The minimum Gasteiger partial charge on any atom is -0.383 e. The monoisotopic (exact) mass is 318 g/mol. The van der Waals surface area contributed by atoms with Crippen LogP contribution in [0, 0.1) is 3.57 Å². The maximum Gasteiger partial charge on any atom is 0.268 e. The lowest BCUT2D eigenvalue weighted by atomic mass is 10.2. The smallest absolute Gasteiger partial charge is 0.268 e. The Bertz CT molecular complexity index is 296. The third-order valence-corrected chi connectivity index (χ3v) is 2.61. The van der Waals surface area contributed by atoms with E-state index >= 15 is 0 Å². The molecule has 0 radical (unpaired) electrons. The average Bonchev–Trinajstić information content (AvgIpc) is 2.02. The molecule has 0 saturated carbocycles. The first kappa shape index (κ1) is 10.9. The summed E-state index contributed by atoms with van der Waals surface area (Å²) in [6.45, 7) is 0. The fourth-order valence-electron chi connectivity index (χ4n) is 0.878. The highest BCUT2D eigenvalue weighted by molar-refractivity contribution is 14.1. The van der Waals surface area contributed by atoms with Crippen LogP contribution >= 0.6 is 34.2 Å². The van der Waals surface area contributed by atoms with Gasteiger partial charge < -0.3 is 5.73 Å². The van der Waals surface area contributed by atoms with Gasteiger partial charge in [0.2, 0.25) is 0 Å². The highest BCUT2D eigenvalue weighted by atomic mass is 127. The number of halogens is 4. The van der Waals surface area contributed by atoms with Gasteiger partial charge in [-0.1, -0.05) is 0 Å². The molecule has 1 rings (SSSR count). The molecule has 0 spiro atoms. The van der Waals surface area contributed by atoms with E-state index < -0.39 is 6.43 Å². The van der Waals surface area contributed by atoms with Crippen LogP contribution in [-0.4, -0.2) is 4.98 Å². The van der Waals surface area contributed by atoms with Crippen LogP contribution in [0.4, 0.5) is 14.6 Å². The zero-order valence-electron chi connectivity index (χ0n) is 6.40.